The molecule has 120 valence electrons. The monoisotopic (exact) mass is 298 g/mol. The number of methoxy groups -OCH3 is 1. The van der Waals surface area contributed by atoms with Gasteiger partial charge < -0.3 is 14.7 Å². The summed E-state index contributed by atoms with van der Waals surface area (Å²) in [5.41, 5.74) is -1.37. The van der Waals surface area contributed by atoms with E-state index in [4.69, 9.17) is 0 Å². The maximum atomic E-state index is 12.5. The third-order valence-corrected chi connectivity index (χ3v) is 4.57. The highest BCUT2D eigenvalue weighted by atomic mass is 16.5. The van der Waals surface area contributed by atoms with Crippen molar-refractivity contribution in [2.45, 2.75) is 37.7 Å². The van der Waals surface area contributed by atoms with E-state index in [9.17, 15) is 14.7 Å². The molecule has 0 aromatic rings. The first kappa shape index (κ1) is 16.2. The maximum Gasteiger partial charge on any atom is 0.319 e. The van der Waals surface area contributed by atoms with Gasteiger partial charge in [0.05, 0.1) is 13.7 Å². The Labute approximate surface area is 126 Å². The highest BCUT2D eigenvalue weighted by Crippen LogP contribution is 2.30. The zero-order valence-electron chi connectivity index (χ0n) is 13.0. The molecule has 1 aliphatic carbocycles. The second-order valence-electron chi connectivity index (χ2n) is 6.43. The van der Waals surface area contributed by atoms with Crippen molar-refractivity contribution >= 4 is 11.9 Å². The van der Waals surface area contributed by atoms with Crippen LogP contribution in [0.5, 0.6) is 0 Å². The Kier molecular flexibility index (Phi) is 5.22. The van der Waals surface area contributed by atoms with Crippen molar-refractivity contribution in [3.05, 3.63) is 0 Å². The number of aliphatic hydroxyl groups is 1. The average Bonchev–Trinajstić information content (AvgIpc) is 2.38. The maximum absolute atomic E-state index is 12.5. The van der Waals surface area contributed by atoms with E-state index in [2.05, 4.69) is 4.74 Å². The van der Waals surface area contributed by atoms with Crippen LogP contribution in [0.3, 0.4) is 0 Å². The number of nitrogens with zero attached hydrogens (tertiary/aromatic N) is 2. The number of hydrogen-bond acceptors (Lipinski definition) is 5. The van der Waals surface area contributed by atoms with E-state index in [1.807, 2.05) is 0 Å². The summed E-state index contributed by atoms with van der Waals surface area (Å²) < 4.78 is 4.61. The van der Waals surface area contributed by atoms with Gasteiger partial charge >= 0.3 is 5.97 Å². The summed E-state index contributed by atoms with van der Waals surface area (Å²) in [6, 6.07) is 0. The Balaban J connectivity index is 1.92. The lowest BCUT2D eigenvalue weighted by atomic mass is 9.83. The van der Waals surface area contributed by atoms with Crippen LogP contribution in [-0.4, -0.2) is 72.7 Å². The molecule has 1 amide bonds. The Hall–Kier alpha value is -1.14. The molecule has 2 rings (SSSR count). The van der Waals surface area contributed by atoms with Crippen LogP contribution in [-0.2, 0) is 14.3 Å². The quantitative estimate of drug-likeness (QED) is 0.712. The van der Waals surface area contributed by atoms with E-state index in [0.29, 0.717) is 12.3 Å². The number of carbonyl (C=O) groups excluding carboxylic acids is 2. The van der Waals surface area contributed by atoms with Crippen LogP contribution in [0, 0.1) is 5.92 Å². The van der Waals surface area contributed by atoms with Gasteiger partial charge in [-0.2, -0.15) is 0 Å². The lowest BCUT2D eigenvalue weighted by Gasteiger charge is -2.42. The van der Waals surface area contributed by atoms with Crippen LogP contribution in [0.4, 0.5) is 0 Å². The molecule has 1 saturated heterocycles. The first-order valence-corrected chi connectivity index (χ1v) is 7.72. The van der Waals surface area contributed by atoms with Crippen LogP contribution in [0.1, 0.15) is 32.1 Å². The van der Waals surface area contributed by atoms with E-state index in [0.717, 1.165) is 19.5 Å². The molecule has 6 nitrogen and oxygen atoms in total. The Bertz CT molecular complexity index is 397. The van der Waals surface area contributed by atoms with E-state index in [1.165, 1.54) is 26.4 Å². The zero-order valence-corrected chi connectivity index (χ0v) is 13.0. The van der Waals surface area contributed by atoms with E-state index in [-0.39, 0.29) is 25.0 Å². The number of likely N-dealkylation sites (N-methyl/N-ethyl adjacent to an activating group) is 1. The van der Waals surface area contributed by atoms with Gasteiger partial charge in [0, 0.05) is 19.6 Å². The predicted molar refractivity (Wildman–Crippen MR) is 77.6 cm³/mol. The molecule has 2 fully saturated rings. The number of rotatable bonds is 6. The van der Waals surface area contributed by atoms with Gasteiger partial charge in [-0.05, 0) is 38.6 Å². The van der Waals surface area contributed by atoms with E-state index >= 15 is 0 Å². The predicted octanol–water partition coefficient (Wildman–Crippen LogP) is 0.245. The number of ether oxygens (including phenoxy) is 1. The molecule has 1 aliphatic heterocycles. The molecule has 1 N–H and O–H groups in total. The van der Waals surface area contributed by atoms with E-state index < -0.39 is 5.60 Å². The van der Waals surface area contributed by atoms with Gasteiger partial charge in [-0.1, -0.05) is 6.42 Å². The molecule has 21 heavy (non-hydrogen) atoms. The van der Waals surface area contributed by atoms with Crippen molar-refractivity contribution in [3.63, 3.8) is 0 Å². The molecular weight excluding hydrogens is 272 g/mol. The number of amides is 1. The molecule has 1 saturated carbocycles. The fraction of sp³-hybridized carbons (Fsp3) is 0.867. The van der Waals surface area contributed by atoms with Gasteiger partial charge in [0.25, 0.3) is 5.91 Å². The minimum atomic E-state index is -1.37. The average molecular weight is 298 g/mol. The van der Waals surface area contributed by atoms with Gasteiger partial charge in [-0.25, -0.2) is 0 Å². The van der Waals surface area contributed by atoms with Crippen LogP contribution in [0.2, 0.25) is 0 Å². The van der Waals surface area contributed by atoms with Gasteiger partial charge in [-0.3, -0.25) is 14.5 Å². The second-order valence-corrected chi connectivity index (χ2v) is 6.43. The van der Waals surface area contributed by atoms with Crippen molar-refractivity contribution in [1.29, 1.82) is 0 Å². The Morgan fingerprint density at radius 3 is 2.76 bits per heavy atom. The Morgan fingerprint density at radius 1 is 1.48 bits per heavy atom. The molecule has 0 aromatic carbocycles. The molecule has 0 unspecified atom stereocenters. The summed E-state index contributed by atoms with van der Waals surface area (Å²) in [5.74, 6) is 0.0529. The van der Waals surface area contributed by atoms with Crippen LogP contribution < -0.4 is 0 Å². The third-order valence-electron chi connectivity index (χ3n) is 4.57. The largest absolute Gasteiger partial charge is 0.468 e. The number of likely N-dealkylation sites (tertiary alicyclic amines) is 1. The summed E-state index contributed by atoms with van der Waals surface area (Å²) in [4.78, 5) is 27.3. The van der Waals surface area contributed by atoms with Crippen molar-refractivity contribution in [1.82, 2.24) is 9.80 Å². The van der Waals surface area contributed by atoms with E-state index in [1.54, 1.807) is 16.8 Å². The van der Waals surface area contributed by atoms with Crippen LogP contribution in [0.15, 0.2) is 0 Å². The molecule has 1 atom stereocenters. The second kappa shape index (κ2) is 6.75. The topological polar surface area (TPSA) is 70.1 Å². The minimum Gasteiger partial charge on any atom is -0.468 e. The zero-order chi connectivity index (χ0) is 15.5. The third kappa shape index (κ3) is 3.95. The van der Waals surface area contributed by atoms with Crippen molar-refractivity contribution in [3.8, 4) is 0 Å². The minimum absolute atomic E-state index is 0.0781. The number of hydrogen-bond donors (Lipinski definition) is 1. The van der Waals surface area contributed by atoms with Gasteiger partial charge in [0.1, 0.15) is 0 Å². The van der Waals surface area contributed by atoms with Crippen molar-refractivity contribution < 1.29 is 19.4 Å². The molecule has 0 aromatic heterocycles. The molecule has 6 heteroatoms. The highest BCUT2D eigenvalue weighted by molar-refractivity contribution is 5.86. The van der Waals surface area contributed by atoms with Crippen molar-refractivity contribution in [2.24, 2.45) is 5.92 Å². The molecule has 0 spiro atoms. The Morgan fingerprint density at radius 2 is 2.19 bits per heavy atom. The lowest BCUT2D eigenvalue weighted by Crippen LogP contribution is -2.59. The summed E-state index contributed by atoms with van der Waals surface area (Å²) in [7, 11) is 3.05. The van der Waals surface area contributed by atoms with Crippen LogP contribution in [0.25, 0.3) is 0 Å². The highest BCUT2D eigenvalue weighted by Gasteiger charge is 2.43. The van der Waals surface area contributed by atoms with Crippen LogP contribution >= 0.6 is 0 Å². The smallest absolute Gasteiger partial charge is 0.319 e. The normalized spacial score (nSPS) is 26.9. The molecule has 0 radical (unpaired) electrons. The number of piperidine rings is 1. The fourth-order valence-corrected chi connectivity index (χ4v) is 3.16. The summed E-state index contributed by atoms with van der Waals surface area (Å²) in [6.45, 7) is 1.75. The standard InChI is InChI=1S/C15H26N2O4/c1-16(10-13(18)21-2)11-15(20)7-4-8-17(14(15)19)9-12-5-3-6-12/h12,20H,3-11H2,1-2H3/t15-/m1/s1. The molecule has 2 aliphatic rings. The molecule has 1 heterocycles. The first-order valence-electron chi connectivity index (χ1n) is 7.72. The van der Waals surface area contributed by atoms with Crippen molar-refractivity contribution in [2.75, 3.05) is 40.3 Å². The summed E-state index contributed by atoms with van der Waals surface area (Å²) in [5, 5.41) is 10.7. The van der Waals surface area contributed by atoms with Gasteiger partial charge in [0.15, 0.2) is 5.60 Å². The summed E-state index contributed by atoms with van der Waals surface area (Å²) >= 11 is 0. The number of carbonyl (C=O) groups is 2. The summed E-state index contributed by atoms with van der Waals surface area (Å²) in [6.07, 6.45) is 4.88. The lowest BCUT2D eigenvalue weighted by molar-refractivity contribution is -0.161. The first-order chi connectivity index (χ1) is 9.94. The molecule has 0 bridgehead atoms. The van der Waals surface area contributed by atoms with Gasteiger partial charge in [0.2, 0.25) is 0 Å². The SMILES string of the molecule is COC(=O)CN(C)C[C@]1(O)CCCN(CC2CCC2)C1=O. The fourth-order valence-electron chi connectivity index (χ4n) is 3.16. The molecular formula is C15H26N2O4. The number of esters is 1. The van der Waals surface area contributed by atoms with Gasteiger partial charge in [-0.15, -0.1) is 0 Å².